The third kappa shape index (κ3) is 25.8. The Kier molecular flexibility index (Phi) is 31.2. The van der Waals surface area contributed by atoms with Gasteiger partial charge >= 0.3 is 5.97 Å². The molecule has 0 saturated heterocycles. The molecule has 3 unspecified atom stereocenters. The van der Waals surface area contributed by atoms with E-state index in [1.165, 1.54) is 50.0 Å². The maximum absolute atomic E-state index is 12.5. The Morgan fingerprint density at radius 1 is 0.571 bits per heavy atom. The van der Waals surface area contributed by atoms with Crippen LogP contribution in [0.2, 0.25) is 0 Å². The Bertz CT molecular complexity index is 561. The highest BCUT2D eigenvalue weighted by Crippen LogP contribution is 2.22. The second-order valence-electron chi connectivity index (χ2n) is 12.7. The van der Waals surface area contributed by atoms with Gasteiger partial charge in [-0.25, -0.2) is 0 Å². The van der Waals surface area contributed by atoms with Gasteiger partial charge in [-0.3, -0.25) is 4.79 Å². The van der Waals surface area contributed by atoms with Gasteiger partial charge in [0.1, 0.15) is 0 Å². The molecular formula is C36H73NO5. The average Bonchev–Trinajstić information content (AvgIpc) is 2.99. The van der Waals surface area contributed by atoms with Crippen LogP contribution in [0.5, 0.6) is 0 Å². The van der Waals surface area contributed by atoms with Gasteiger partial charge in [-0.05, 0) is 51.4 Å². The summed E-state index contributed by atoms with van der Waals surface area (Å²) < 4.78 is 11.4. The second-order valence-corrected chi connectivity index (χ2v) is 12.7. The van der Waals surface area contributed by atoms with Gasteiger partial charge in [0.2, 0.25) is 0 Å². The van der Waals surface area contributed by atoms with Crippen LogP contribution in [-0.2, 0) is 14.3 Å². The standard InChI is InChI=1S/C36H73NO5/c1-5-9-13-19-27-33(25-11-7-3)35(38)41-31-23-17-15-21-29-37(40)30-22-16-18-24-32-42-36(39)34(26-12-8-4)28-20-14-10-6-2/h33-35,38,40H,5-32H2,1-4H3. The summed E-state index contributed by atoms with van der Waals surface area (Å²) in [5.41, 5.74) is 0. The Balaban J connectivity index is 3.80. The summed E-state index contributed by atoms with van der Waals surface area (Å²) in [6, 6.07) is 0. The van der Waals surface area contributed by atoms with E-state index in [-0.39, 0.29) is 17.8 Å². The molecule has 0 heterocycles. The fraction of sp³-hybridized carbons (Fsp3) is 0.972. The SMILES string of the molecule is CCCCCCC(CCCC)C(=O)OCCCCCCN(O)CCCCCCOC(O)C(CCCC)CCCCCC. The predicted octanol–water partition coefficient (Wildman–Crippen LogP) is 10.2. The van der Waals surface area contributed by atoms with Crippen LogP contribution in [0.1, 0.15) is 182 Å². The molecule has 0 fully saturated rings. The number of hydrogen-bond acceptors (Lipinski definition) is 6. The van der Waals surface area contributed by atoms with E-state index in [9.17, 15) is 15.1 Å². The van der Waals surface area contributed by atoms with Crippen molar-refractivity contribution < 1.29 is 24.6 Å². The zero-order valence-electron chi connectivity index (χ0n) is 28.6. The van der Waals surface area contributed by atoms with Crippen molar-refractivity contribution >= 4 is 5.97 Å². The summed E-state index contributed by atoms with van der Waals surface area (Å²) >= 11 is 0. The lowest BCUT2D eigenvalue weighted by Crippen LogP contribution is -2.24. The highest BCUT2D eigenvalue weighted by Gasteiger charge is 2.20. The number of rotatable bonds is 33. The van der Waals surface area contributed by atoms with Crippen molar-refractivity contribution in [1.29, 1.82) is 0 Å². The van der Waals surface area contributed by atoms with E-state index in [2.05, 4.69) is 27.7 Å². The first-order chi connectivity index (χ1) is 20.5. The van der Waals surface area contributed by atoms with Crippen LogP contribution in [0.15, 0.2) is 0 Å². The van der Waals surface area contributed by atoms with Gasteiger partial charge in [0.05, 0.1) is 12.5 Å². The summed E-state index contributed by atoms with van der Waals surface area (Å²) in [5.74, 6) is 0.364. The molecule has 0 amide bonds. The lowest BCUT2D eigenvalue weighted by Gasteiger charge is -2.23. The van der Waals surface area contributed by atoms with E-state index in [0.29, 0.717) is 26.3 Å². The Morgan fingerprint density at radius 2 is 1.02 bits per heavy atom. The lowest BCUT2D eigenvalue weighted by molar-refractivity contribution is -0.149. The van der Waals surface area contributed by atoms with E-state index < -0.39 is 6.29 Å². The first-order valence-electron chi connectivity index (χ1n) is 18.4. The monoisotopic (exact) mass is 600 g/mol. The molecule has 6 nitrogen and oxygen atoms in total. The van der Waals surface area contributed by atoms with E-state index in [4.69, 9.17) is 9.47 Å². The quantitative estimate of drug-likeness (QED) is 0.0338. The van der Waals surface area contributed by atoms with Gasteiger partial charge in [0, 0.05) is 25.6 Å². The van der Waals surface area contributed by atoms with Gasteiger partial charge in [0.25, 0.3) is 0 Å². The number of esters is 1. The van der Waals surface area contributed by atoms with Crippen molar-refractivity contribution in [2.45, 2.75) is 188 Å². The minimum absolute atomic E-state index is 0.0122. The van der Waals surface area contributed by atoms with E-state index >= 15 is 0 Å². The molecule has 0 radical (unpaired) electrons. The normalized spacial score (nSPS) is 13.9. The first kappa shape index (κ1) is 41.3. The van der Waals surface area contributed by atoms with Crippen LogP contribution in [-0.4, -0.2) is 53.9 Å². The van der Waals surface area contributed by atoms with Crippen LogP contribution in [0.25, 0.3) is 0 Å². The average molecular weight is 600 g/mol. The predicted molar refractivity (Wildman–Crippen MR) is 177 cm³/mol. The molecule has 0 rings (SSSR count). The lowest BCUT2D eigenvalue weighted by atomic mass is 9.94. The van der Waals surface area contributed by atoms with Crippen molar-refractivity contribution in [3.63, 3.8) is 0 Å². The van der Waals surface area contributed by atoms with Crippen LogP contribution < -0.4 is 0 Å². The minimum Gasteiger partial charge on any atom is -0.465 e. The molecule has 0 aliphatic carbocycles. The fourth-order valence-corrected chi connectivity index (χ4v) is 5.62. The highest BCUT2D eigenvalue weighted by atomic mass is 16.6. The number of unbranched alkanes of at least 4 members (excludes halogenated alkanes) is 14. The van der Waals surface area contributed by atoms with Crippen molar-refractivity contribution in [3.8, 4) is 0 Å². The van der Waals surface area contributed by atoms with E-state index in [1.54, 1.807) is 0 Å². The van der Waals surface area contributed by atoms with Crippen LogP contribution >= 0.6 is 0 Å². The largest absolute Gasteiger partial charge is 0.465 e. The maximum atomic E-state index is 12.5. The van der Waals surface area contributed by atoms with Gasteiger partial charge in [-0.2, -0.15) is 5.06 Å². The number of carbonyl (C=O) groups excluding carboxylic acids is 1. The zero-order valence-corrected chi connectivity index (χ0v) is 28.6. The van der Waals surface area contributed by atoms with E-state index in [1.807, 2.05) is 0 Å². The summed E-state index contributed by atoms with van der Waals surface area (Å²) in [6.45, 7) is 11.4. The maximum Gasteiger partial charge on any atom is 0.308 e. The molecule has 0 aliphatic heterocycles. The molecule has 0 aliphatic rings. The topological polar surface area (TPSA) is 79.2 Å². The molecule has 252 valence electrons. The van der Waals surface area contributed by atoms with Crippen LogP contribution in [0.4, 0.5) is 0 Å². The number of nitrogens with zero attached hydrogens (tertiary/aromatic N) is 1. The van der Waals surface area contributed by atoms with Crippen molar-refractivity contribution in [3.05, 3.63) is 0 Å². The Labute approximate surface area is 261 Å². The summed E-state index contributed by atoms with van der Waals surface area (Å²) in [5, 5.41) is 22.2. The molecule has 0 spiro atoms. The number of aliphatic hydroxyl groups is 1. The molecule has 3 atom stereocenters. The Hall–Kier alpha value is -0.690. The van der Waals surface area contributed by atoms with E-state index in [0.717, 1.165) is 109 Å². The third-order valence-electron chi connectivity index (χ3n) is 8.56. The summed E-state index contributed by atoms with van der Waals surface area (Å²) in [7, 11) is 0. The number of hydrogen-bond donors (Lipinski definition) is 2. The second kappa shape index (κ2) is 31.7. The van der Waals surface area contributed by atoms with Crippen LogP contribution in [0.3, 0.4) is 0 Å². The van der Waals surface area contributed by atoms with Crippen LogP contribution in [0, 0.1) is 11.8 Å². The van der Waals surface area contributed by atoms with Gasteiger partial charge in [-0.1, -0.05) is 130 Å². The highest BCUT2D eigenvalue weighted by molar-refractivity contribution is 5.72. The molecule has 6 heteroatoms. The number of carbonyl (C=O) groups is 1. The molecule has 0 saturated carbocycles. The molecule has 42 heavy (non-hydrogen) atoms. The summed E-state index contributed by atoms with van der Waals surface area (Å²) in [6.07, 6.45) is 25.8. The molecule has 0 bridgehead atoms. The smallest absolute Gasteiger partial charge is 0.308 e. The molecular weight excluding hydrogens is 526 g/mol. The van der Waals surface area contributed by atoms with Gasteiger partial charge < -0.3 is 19.8 Å². The van der Waals surface area contributed by atoms with Crippen molar-refractivity contribution in [1.82, 2.24) is 5.06 Å². The number of aliphatic hydroxyl groups excluding tert-OH is 1. The number of ether oxygens (including phenoxy) is 2. The zero-order chi connectivity index (χ0) is 31.1. The minimum atomic E-state index is -0.624. The van der Waals surface area contributed by atoms with Gasteiger partial charge in [0.15, 0.2) is 6.29 Å². The van der Waals surface area contributed by atoms with Crippen molar-refractivity contribution in [2.75, 3.05) is 26.3 Å². The van der Waals surface area contributed by atoms with Gasteiger partial charge in [-0.15, -0.1) is 0 Å². The molecule has 0 aromatic heterocycles. The third-order valence-corrected chi connectivity index (χ3v) is 8.56. The number of hydroxylamine groups is 2. The molecule has 2 N–H and O–H groups in total. The molecule has 0 aromatic carbocycles. The Morgan fingerprint density at radius 3 is 1.62 bits per heavy atom. The fourth-order valence-electron chi connectivity index (χ4n) is 5.62. The van der Waals surface area contributed by atoms with Crippen molar-refractivity contribution in [2.24, 2.45) is 11.8 Å². The first-order valence-corrected chi connectivity index (χ1v) is 18.4. The molecule has 0 aromatic rings. The summed E-state index contributed by atoms with van der Waals surface area (Å²) in [4.78, 5) is 12.5.